The maximum atomic E-state index is 11.6. The van der Waals surface area contributed by atoms with Crippen molar-refractivity contribution in [2.75, 3.05) is 7.11 Å². The number of hydrogen-bond donors (Lipinski definition) is 0. The fraction of sp³-hybridized carbons (Fsp3) is 0.231. The molecule has 3 nitrogen and oxygen atoms in total. The summed E-state index contributed by atoms with van der Waals surface area (Å²) >= 11 is 0. The van der Waals surface area contributed by atoms with Gasteiger partial charge in [0.15, 0.2) is 0 Å². The molecule has 1 aliphatic rings. The Bertz CT molecular complexity index is 484. The summed E-state index contributed by atoms with van der Waals surface area (Å²) in [5, 5.41) is 0. The van der Waals surface area contributed by atoms with Gasteiger partial charge in [-0.2, -0.15) is 0 Å². The first-order valence-electron chi connectivity index (χ1n) is 4.92. The zero-order valence-electron chi connectivity index (χ0n) is 8.93. The van der Waals surface area contributed by atoms with Crippen LogP contribution in [0.4, 0.5) is 0 Å². The van der Waals surface area contributed by atoms with Crippen LogP contribution in [0.3, 0.4) is 0 Å². The lowest BCUT2D eigenvalue weighted by molar-refractivity contribution is -0.142. The topological polar surface area (TPSA) is 38.7 Å². The summed E-state index contributed by atoms with van der Waals surface area (Å²) in [5.41, 5.74) is 0.714. The van der Waals surface area contributed by atoms with E-state index in [9.17, 15) is 4.79 Å². The highest BCUT2D eigenvalue weighted by molar-refractivity contribution is 6.29. The van der Waals surface area contributed by atoms with Gasteiger partial charge in [-0.1, -0.05) is 30.3 Å². The van der Waals surface area contributed by atoms with Crippen LogP contribution in [0, 0.1) is 12.3 Å². The molecule has 1 aromatic rings. The summed E-state index contributed by atoms with van der Waals surface area (Å²) in [4.78, 5) is 15.9. The third-order valence-electron chi connectivity index (χ3n) is 2.57. The van der Waals surface area contributed by atoms with Gasteiger partial charge in [-0.3, -0.25) is 4.99 Å². The van der Waals surface area contributed by atoms with Crippen molar-refractivity contribution in [1.29, 1.82) is 0 Å². The number of aliphatic imine (C=N–C) groups is 1. The van der Waals surface area contributed by atoms with E-state index in [0.29, 0.717) is 0 Å². The summed E-state index contributed by atoms with van der Waals surface area (Å²) in [7, 11) is 1.34. The summed E-state index contributed by atoms with van der Waals surface area (Å²) in [5.74, 6) is 2.09. The normalized spacial score (nSPS) is 21.9. The molecule has 16 heavy (non-hydrogen) atoms. The van der Waals surface area contributed by atoms with Crippen LogP contribution in [0.1, 0.15) is 12.0 Å². The third-order valence-corrected chi connectivity index (χ3v) is 2.57. The van der Waals surface area contributed by atoms with Crippen molar-refractivity contribution in [2.24, 2.45) is 4.99 Å². The molecular formula is C13H11NO2. The molecule has 80 valence electrons. The minimum atomic E-state index is -0.926. The summed E-state index contributed by atoms with van der Waals surface area (Å²) < 4.78 is 4.73. The first-order valence-corrected chi connectivity index (χ1v) is 4.92. The molecule has 0 bridgehead atoms. The van der Waals surface area contributed by atoms with Gasteiger partial charge in [0, 0.05) is 0 Å². The lowest BCUT2D eigenvalue weighted by Gasteiger charge is -2.09. The summed E-state index contributed by atoms with van der Waals surface area (Å²) in [6, 6.07) is 9.51. The fourth-order valence-electron chi connectivity index (χ4n) is 1.72. The minimum Gasteiger partial charge on any atom is -0.467 e. The molecule has 0 radical (unpaired) electrons. The molecule has 3 heteroatoms. The number of hydrogen-bond acceptors (Lipinski definition) is 3. The average Bonchev–Trinajstić information content (AvgIpc) is 3.05. The first-order chi connectivity index (χ1) is 7.74. The molecule has 0 fully saturated rings. The van der Waals surface area contributed by atoms with Gasteiger partial charge in [0.1, 0.15) is 0 Å². The monoisotopic (exact) mass is 213 g/mol. The number of terminal acetylenes is 1. The predicted octanol–water partition coefficient (Wildman–Crippen LogP) is 1.42. The SMILES string of the molecule is C#CCC1(C(=O)OC)N=C1c1ccccc1. The van der Waals surface area contributed by atoms with E-state index in [1.807, 2.05) is 30.3 Å². The Kier molecular flexibility index (Phi) is 2.49. The Morgan fingerprint density at radius 2 is 2.19 bits per heavy atom. The van der Waals surface area contributed by atoms with Gasteiger partial charge in [-0.05, 0) is 5.56 Å². The molecule has 0 amide bonds. The van der Waals surface area contributed by atoms with Gasteiger partial charge in [-0.15, -0.1) is 12.3 Å². The molecule has 1 aliphatic heterocycles. The van der Waals surface area contributed by atoms with E-state index < -0.39 is 5.54 Å². The molecule has 0 aliphatic carbocycles. The van der Waals surface area contributed by atoms with E-state index in [1.54, 1.807) is 0 Å². The van der Waals surface area contributed by atoms with E-state index in [0.717, 1.165) is 11.3 Å². The average molecular weight is 213 g/mol. The molecule has 0 aromatic heterocycles. The van der Waals surface area contributed by atoms with Crippen LogP contribution in [0.15, 0.2) is 35.3 Å². The van der Waals surface area contributed by atoms with Crippen LogP contribution in [0.25, 0.3) is 0 Å². The van der Waals surface area contributed by atoms with Gasteiger partial charge in [0.2, 0.25) is 5.54 Å². The van der Waals surface area contributed by atoms with Crippen molar-refractivity contribution in [3.63, 3.8) is 0 Å². The van der Waals surface area contributed by atoms with E-state index in [-0.39, 0.29) is 12.4 Å². The van der Waals surface area contributed by atoms with Crippen LogP contribution in [-0.4, -0.2) is 24.3 Å². The zero-order valence-corrected chi connectivity index (χ0v) is 8.93. The highest BCUT2D eigenvalue weighted by Gasteiger charge is 2.55. The van der Waals surface area contributed by atoms with Crippen molar-refractivity contribution < 1.29 is 9.53 Å². The highest BCUT2D eigenvalue weighted by Crippen LogP contribution is 2.36. The van der Waals surface area contributed by atoms with E-state index in [1.165, 1.54) is 7.11 Å². The number of carbonyl (C=O) groups excluding carboxylic acids is 1. The third kappa shape index (κ3) is 1.49. The second-order valence-electron chi connectivity index (χ2n) is 3.56. The largest absolute Gasteiger partial charge is 0.467 e. The van der Waals surface area contributed by atoms with E-state index >= 15 is 0 Å². The maximum Gasteiger partial charge on any atom is 0.341 e. The predicted molar refractivity (Wildman–Crippen MR) is 61.2 cm³/mol. The number of ether oxygens (including phenoxy) is 1. The lowest BCUT2D eigenvalue weighted by atomic mass is 9.95. The van der Waals surface area contributed by atoms with Crippen LogP contribution in [-0.2, 0) is 9.53 Å². The zero-order chi connectivity index (χ0) is 11.6. The number of carbonyl (C=O) groups is 1. The van der Waals surface area contributed by atoms with Crippen LogP contribution in [0.5, 0.6) is 0 Å². The van der Waals surface area contributed by atoms with Crippen molar-refractivity contribution >= 4 is 11.7 Å². The van der Waals surface area contributed by atoms with Crippen molar-refractivity contribution in [3.05, 3.63) is 35.9 Å². The second kappa shape index (κ2) is 3.82. The molecule has 0 spiro atoms. The highest BCUT2D eigenvalue weighted by atomic mass is 16.5. The Hall–Kier alpha value is -2.08. The molecule has 1 atom stereocenters. The number of nitrogens with zero attached hydrogens (tertiary/aromatic N) is 1. The Morgan fingerprint density at radius 3 is 2.75 bits per heavy atom. The lowest BCUT2D eigenvalue weighted by Crippen LogP contribution is -2.31. The van der Waals surface area contributed by atoms with Gasteiger partial charge < -0.3 is 4.74 Å². The van der Waals surface area contributed by atoms with Crippen LogP contribution in [0.2, 0.25) is 0 Å². The number of methoxy groups -OCH3 is 1. The van der Waals surface area contributed by atoms with E-state index in [2.05, 4.69) is 10.9 Å². The standard InChI is InChI=1S/C13H11NO2/c1-3-9-13(12(15)16-2)11(14-13)10-7-5-4-6-8-10/h1,4-8H,9H2,2H3. The Morgan fingerprint density at radius 1 is 1.50 bits per heavy atom. The van der Waals surface area contributed by atoms with Crippen molar-refractivity contribution in [1.82, 2.24) is 0 Å². The van der Waals surface area contributed by atoms with Crippen molar-refractivity contribution in [2.45, 2.75) is 12.0 Å². The molecule has 1 aromatic carbocycles. The molecule has 2 rings (SSSR count). The Balaban J connectivity index is 2.26. The van der Waals surface area contributed by atoms with Gasteiger partial charge >= 0.3 is 5.97 Å². The fourth-order valence-corrected chi connectivity index (χ4v) is 1.72. The molecule has 0 saturated carbocycles. The molecule has 0 N–H and O–H groups in total. The smallest absolute Gasteiger partial charge is 0.341 e. The summed E-state index contributed by atoms with van der Waals surface area (Å²) in [6.45, 7) is 0. The number of rotatable bonds is 3. The Labute approximate surface area is 94.1 Å². The summed E-state index contributed by atoms with van der Waals surface area (Å²) in [6.07, 6.45) is 5.51. The molecular weight excluding hydrogens is 202 g/mol. The second-order valence-corrected chi connectivity index (χ2v) is 3.56. The first kappa shape index (κ1) is 10.4. The quantitative estimate of drug-likeness (QED) is 0.562. The number of esters is 1. The maximum absolute atomic E-state index is 11.6. The van der Waals surface area contributed by atoms with E-state index in [4.69, 9.17) is 11.2 Å². The molecule has 1 heterocycles. The molecule has 1 unspecified atom stereocenters. The van der Waals surface area contributed by atoms with Gasteiger partial charge in [0.05, 0.1) is 19.2 Å². The molecule has 0 saturated heterocycles. The minimum absolute atomic E-state index is 0.254. The van der Waals surface area contributed by atoms with Gasteiger partial charge in [0.25, 0.3) is 0 Å². The van der Waals surface area contributed by atoms with Gasteiger partial charge in [-0.25, -0.2) is 4.79 Å². The van der Waals surface area contributed by atoms with Crippen LogP contribution >= 0.6 is 0 Å². The number of benzene rings is 1. The van der Waals surface area contributed by atoms with Crippen LogP contribution < -0.4 is 0 Å². The van der Waals surface area contributed by atoms with Crippen molar-refractivity contribution in [3.8, 4) is 12.3 Å².